The average molecular weight is 415 g/mol. The minimum Gasteiger partial charge on any atom is -0.337 e. The molecule has 0 fully saturated rings. The number of hydrogen-bond acceptors (Lipinski definition) is 4. The summed E-state index contributed by atoms with van der Waals surface area (Å²) in [6.07, 6.45) is 0. The van der Waals surface area contributed by atoms with Crippen LogP contribution < -0.4 is 10.8 Å². The zero-order valence-electron chi connectivity index (χ0n) is 12.1. The standard InChI is InChI=1S/C15H15FIN3O2/c1-3-22-20-15(21)11-6-4-9(2)18-14(11)19-13-7-5-10(17)8-12(13)16/h4-8H,3H2,1-2H3,(H,18,19)(H,20,21). The molecule has 0 aliphatic carbocycles. The first kappa shape index (κ1) is 16.6. The lowest BCUT2D eigenvalue weighted by Gasteiger charge is -2.12. The summed E-state index contributed by atoms with van der Waals surface area (Å²) in [5.74, 6) is -0.577. The maximum absolute atomic E-state index is 14.0. The van der Waals surface area contributed by atoms with Gasteiger partial charge in [-0.2, -0.15) is 0 Å². The quantitative estimate of drug-likeness (QED) is 0.579. The van der Waals surface area contributed by atoms with Crippen molar-refractivity contribution >= 4 is 40.0 Å². The highest BCUT2D eigenvalue weighted by Crippen LogP contribution is 2.23. The molecule has 1 heterocycles. The molecule has 1 amide bonds. The van der Waals surface area contributed by atoms with Crippen LogP contribution >= 0.6 is 22.6 Å². The van der Waals surface area contributed by atoms with E-state index in [1.165, 1.54) is 6.07 Å². The Morgan fingerprint density at radius 1 is 1.36 bits per heavy atom. The number of rotatable bonds is 5. The number of anilines is 2. The Labute approximate surface area is 141 Å². The number of aromatic nitrogens is 1. The number of nitrogens with one attached hydrogen (secondary N) is 2. The molecule has 0 unspecified atom stereocenters. The summed E-state index contributed by atoms with van der Waals surface area (Å²) in [6, 6.07) is 8.09. The summed E-state index contributed by atoms with van der Waals surface area (Å²) in [5.41, 5.74) is 3.54. The second-order valence-corrected chi connectivity index (χ2v) is 5.71. The molecule has 2 rings (SSSR count). The van der Waals surface area contributed by atoms with Crippen LogP contribution in [0.1, 0.15) is 23.0 Å². The number of benzene rings is 1. The van der Waals surface area contributed by atoms with Gasteiger partial charge in [0, 0.05) is 9.26 Å². The third-order valence-corrected chi connectivity index (χ3v) is 3.44. The number of halogens is 2. The van der Waals surface area contributed by atoms with Crippen LogP contribution in [0.3, 0.4) is 0 Å². The Morgan fingerprint density at radius 2 is 2.14 bits per heavy atom. The first-order chi connectivity index (χ1) is 10.5. The van der Waals surface area contributed by atoms with Crippen LogP contribution in [0.4, 0.5) is 15.9 Å². The van der Waals surface area contributed by atoms with E-state index in [2.05, 4.69) is 15.8 Å². The van der Waals surface area contributed by atoms with E-state index >= 15 is 0 Å². The molecule has 116 valence electrons. The van der Waals surface area contributed by atoms with Gasteiger partial charge in [-0.1, -0.05) is 0 Å². The molecule has 0 aliphatic rings. The fraction of sp³-hybridized carbons (Fsp3) is 0.200. The highest BCUT2D eigenvalue weighted by Gasteiger charge is 2.15. The number of carbonyl (C=O) groups excluding carboxylic acids is 1. The molecular formula is C15H15FIN3O2. The summed E-state index contributed by atoms with van der Waals surface area (Å²) in [4.78, 5) is 21.2. The summed E-state index contributed by atoms with van der Waals surface area (Å²) < 4.78 is 14.7. The first-order valence-electron chi connectivity index (χ1n) is 6.63. The van der Waals surface area contributed by atoms with Crippen molar-refractivity contribution in [2.75, 3.05) is 11.9 Å². The molecule has 0 bridgehead atoms. The van der Waals surface area contributed by atoms with Crippen LogP contribution in [0.25, 0.3) is 0 Å². The van der Waals surface area contributed by atoms with Crippen molar-refractivity contribution in [1.82, 2.24) is 10.5 Å². The van der Waals surface area contributed by atoms with Crippen LogP contribution in [0, 0.1) is 16.3 Å². The number of nitrogens with zero attached hydrogens (tertiary/aromatic N) is 1. The van der Waals surface area contributed by atoms with E-state index in [0.29, 0.717) is 12.3 Å². The number of amides is 1. The minimum atomic E-state index is -0.442. The molecule has 5 nitrogen and oxygen atoms in total. The maximum atomic E-state index is 14.0. The average Bonchev–Trinajstić information content (AvgIpc) is 2.48. The Hall–Kier alpha value is -1.74. The molecule has 22 heavy (non-hydrogen) atoms. The fourth-order valence-corrected chi connectivity index (χ4v) is 2.20. The highest BCUT2D eigenvalue weighted by atomic mass is 127. The monoisotopic (exact) mass is 415 g/mol. The van der Waals surface area contributed by atoms with Crippen molar-refractivity contribution in [2.24, 2.45) is 0 Å². The molecule has 2 aromatic rings. The number of aryl methyl sites for hydroxylation is 1. The molecule has 1 aromatic carbocycles. The van der Waals surface area contributed by atoms with Gasteiger partial charge in [0.1, 0.15) is 11.6 Å². The summed E-state index contributed by atoms with van der Waals surface area (Å²) in [6.45, 7) is 3.90. The van der Waals surface area contributed by atoms with Crippen molar-refractivity contribution in [3.8, 4) is 0 Å². The lowest BCUT2D eigenvalue weighted by Crippen LogP contribution is -2.24. The van der Waals surface area contributed by atoms with Gasteiger partial charge in [-0.05, 0) is 66.8 Å². The lowest BCUT2D eigenvalue weighted by atomic mass is 10.2. The molecule has 0 spiro atoms. The number of hydrogen-bond donors (Lipinski definition) is 2. The predicted molar refractivity (Wildman–Crippen MR) is 90.5 cm³/mol. The van der Waals surface area contributed by atoms with E-state index in [4.69, 9.17) is 4.84 Å². The molecule has 7 heteroatoms. The van der Waals surface area contributed by atoms with Gasteiger partial charge < -0.3 is 5.32 Å². The molecule has 0 saturated carbocycles. The van der Waals surface area contributed by atoms with Crippen molar-refractivity contribution in [3.05, 3.63) is 51.0 Å². The van der Waals surface area contributed by atoms with Gasteiger partial charge in [-0.25, -0.2) is 14.9 Å². The second kappa shape index (κ2) is 7.50. The Kier molecular flexibility index (Phi) is 5.67. The Bertz CT molecular complexity index is 694. The van der Waals surface area contributed by atoms with Crippen LogP contribution in [-0.2, 0) is 4.84 Å². The van der Waals surface area contributed by atoms with Gasteiger partial charge in [-0.15, -0.1) is 0 Å². The Morgan fingerprint density at radius 3 is 2.82 bits per heavy atom. The molecule has 1 aromatic heterocycles. The number of hydroxylamine groups is 1. The van der Waals surface area contributed by atoms with Crippen molar-refractivity contribution < 1.29 is 14.0 Å². The van der Waals surface area contributed by atoms with Crippen molar-refractivity contribution in [2.45, 2.75) is 13.8 Å². The van der Waals surface area contributed by atoms with E-state index in [-0.39, 0.29) is 17.1 Å². The third kappa shape index (κ3) is 4.14. The predicted octanol–water partition coefficient (Wildman–Crippen LogP) is 3.56. The van der Waals surface area contributed by atoms with E-state index in [0.717, 1.165) is 3.57 Å². The van der Waals surface area contributed by atoms with Gasteiger partial charge in [0.25, 0.3) is 5.91 Å². The summed E-state index contributed by atoms with van der Waals surface area (Å²) in [7, 11) is 0. The van der Waals surface area contributed by atoms with Crippen LogP contribution in [0.15, 0.2) is 30.3 Å². The van der Waals surface area contributed by atoms with Gasteiger partial charge in [0.05, 0.1) is 17.9 Å². The van der Waals surface area contributed by atoms with Crippen molar-refractivity contribution in [1.29, 1.82) is 0 Å². The number of pyridine rings is 1. The summed E-state index contributed by atoms with van der Waals surface area (Å²) >= 11 is 2.03. The van der Waals surface area contributed by atoms with E-state index < -0.39 is 11.7 Å². The van der Waals surface area contributed by atoms with E-state index in [9.17, 15) is 9.18 Å². The van der Waals surface area contributed by atoms with Crippen LogP contribution in [-0.4, -0.2) is 17.5 Å². The Balaban J connectivity index is 2.32. The van der Waals surface area contributed by atoms with E-state index in [1.807, 2.05) is 22.6 Å². The summed E-state index contributed by atoms with van der Waals surface area (Å²) in [5, 5.41) is 2.86. The van der Waals surface area contributed by atoms with Crippen LogP contribution in [0.2, 0.25) is 0 Å². The zero-order chi connectivity index (χ0) is 16.1. The zero-order valence-corrected chi connectivity index (χ0v) is 14.3. The minimum absolute atomic E-state index is 0.254. The SMILES string of the molecule is CCONC(=O)c1ccc(C)nc1Nc1ccc(I)cc1F. The smallest absolute Gasteiger partial charge is 0.278 e. The van der Waals surface area contributed by atoms with Gasteiger partial charge >= 0.3 is 0 Å². The lowest BCUT2D eigenvalue weighted by molar-refractivity contribution is 0.0365. The van der Waals surface area contributed by atoms with Gasteiger partial charge in [0.2, 0.25) is 0 Å². The molecule has 0 saturated heterocycles. The normalized spacial score (nSPS) is 10.4. The third-order valence-electron chi connectivity index (χ3n) is 2.77. The fourth-order valence-electron chi connectivity index (χ4n) is 1.75. The molecule has 0 aliphatic heterocycles. The highest BCUT2D eigenvalue weighted by molar-refractivity contribution is 14.1. The molecule has 0 radical (unpaired) electrons. The number of carbonyl (C=O) groups is 1. The topological polar surface area (TPSA) is 63.2 Å². The second-order valence-electron chi connectivity index (χ2n) is 4.46. The maximum Gasteiger partial charge on any atom is 0.278 e. The van der Waals surface area contributed by atoms with E-state index in [1.54, 1.807) is 38.1 Å². The van der Waals surface area contributed by atoms with Gasteiger partial charge in [0.15, 0.2) is 0 Å². The first-order valence-corrected chi connectivity index (χ1v) is 7.71. The van der Waals surface area contributed by atoms with Crippen molar-refractivity contribution in [3.63, 3.8) is 0 Å². The molecule has 0 atom stereocenters. The molecular weight excluding hydrogens is 400 g/mol. The van der Waals surface area contributed by atoms with Crippen LogP contribution in [0.5, 0.6) is 0 Å². The molecule has 2 N–H and O–H groups in total. The van der Waals surface area contributed by atoms with Gasteiger partial charge in [-0.3, -0.25) is 9.63 Å². The largest absolute Gasteiger partial charge is 0.337 e.